The molecule has 4 aliphatic heterocycles. The van der Waals surface area contributed by atoms with Crippen molar-refractivity contribution in [2.45, 2.75) is 255 Å². The molecule has 8 nitrogen and oxygen atoms in total. The van der Waals surface area contributed by atoms with Gasteiger partial charge in [0.1, 0.15) is 0 Å². The van der Waals surface area contributed by atoms with Gasteiger partial charge in [0, 0.05) is 104 Å². The lowest BCUT2D eigenvalue weighted by molar-refractivity contribution is -0.194. The van der Waals surface area contributed by atoms with Gasteiger partial charge in [-0.15, -0.1) is 0 Å². The molecular formula is C45H96N4O4. The van der Waals surface area contributed by atoms with E-state index in [1.807, 2.05) is 27.7 Å². The summed E-state index contributed by atoms with van der Waals surface area (Å²) in [6.45, 7) is 12.2. The van der Waals surface area contributed by atoms with Crippen molar-refractivity contribution >= 4 is 0 Å². The normalized spacial score (nSPS) is 48.1. The third kappa shape index (κ3) is 18.2. The fraction of sp³-hybridized carbons (Fsp3) is 1.00. The van der Waals surface area contributed by atoms with Gasteiger partial charge in [-0.25, -0.2) is 0 Å². The van der Waals surface area contributed by atoms with Gasteiger partial charge < -0.3 is 18.9 Å². The molecule has 53 heavy (non-hydrogen) atoms. The molecule has 0 amide bonds. The van der Waals surface area contributed by atoms with Crippen LogP contribution in [-0.2, 0) is 18.9 Å². The molecule has 320 valence electrons. The second kappa shape index (κ2) is 19.9. The maximum atomic E-state index is 8.03. The third-order valence-electron chi connectivity index (χ3n) is 8.74. The van der Waals surface area contributed by atoms with Crippen LogP contribution in [0, 0.1) is 0 Å². The summed E-state index contributed by atoms with van der Waals surface area (Å²) in [7, 11) is 0. The number of rotatable bonds is 0. The predicted molar refractivity (Wildman–Crippen MR) is 230 cm³/mol. The van der Waals surface area contributed by atoms with E-state index in [0.717, 1.165) is 11.4 Å². The molecule has 9 atom stereocenters. The summed E-state index contributed by atoms with van der Waals surface area (Å²) in [6.07, 6.45) is -6.35. The minimum Gasteiger partial charge on any atom is -0.373 e. The van der Waals surface area contributed by atoms with Gasteiger partial charge in [0.25, 0.3) is 0 Å². The second-order valence-electron chi connectivity index (χ2n) is 18.7. The first-order valence-corrected chi connectivity index (χ1v) is 18.4. The minimum absolute atomic E-state index is 0. The SMILES string of the molecule is C.[2H]C([2H])([2H])C1(C)CN(C(C)(C)C)CC(C([2H])([2H])[2H])(C([2H])([2H])[2H])O1.[2H]C([2H])([2H])C1CN(C(C)(C)C)CC(C)O1.[2H]C([2H])([2H])C1OC(C)C(C([2H])([2H])[2H])N(C(C)(C)C)C1C.[2H]C1(C)OC([2H])(C)C([2H])([2H])N(C(C)(C)C)C1([2H])[2H]. The van der Waals surface area contributed by atoms with Gasteiger partial charge in [-0.1, -0.05) is 7.43 Å². The zero-order chi connectivity index (χ0) is 61.4. The summed E-state index contributed by atoms with van der Waals surface area (Å²) in [5.74, 6) is 0. The number of morpholine rings is 4. The molecule has 0 bridgehead atoms. The maximum absolute atomic E-state index is 8.03. The van der Waals surface area contributed by atoms with Crippen LogP contribution in [0.1, 0.15) is 206 Å². The summed E-state index contributed by atoms with van der Waals surface area (Å²) in [5.41, 5.74) is -6.42. The Bertz CT molecular complexity index is 1830. The fourth-order valence-electron chi connectivity index (χ4n) is 6.14. The predicted octanol–water partition coefficient (Wildman–Crippen LogP) is 9.77. The first-order valence-electron chi connectivity index (χ1n) is 30.4. The van der Waals surface area contributed by atoms with Crippen molar-refractivity contribution in [2.24, 2.45) is 0 Å². The zero-order valence-electron chi connectivity index (χ0n) is 59.7. The smallest absolute Gasteiger partial charge is 0.0760 e. The topological polar surface area (TPSA) is 49.9 Å². The minimum atomic E-state index is -3.01. The summed E-state index contributed by atoms with van der Waals surface area (Å²) in [6, 6.07) is -1.31. The molecule has 4 fully saturated rings. The Morgan fingerprint density at radius 2 is 1.06 bits per heavy atom. The molecule has 0 aromatic rings. The highest BCUT2D eigenvalue weighted by molar-refractivity contribution is 4.95. The van der Waals surface area contributed by atoms with E-state index in [4.69, 9.17) is 51.8 Å². The molecule has 4 heterocycles. The molecule has 4 saturated heterocycles. The number of hydrogen-bond acceptors (Lipinski definition) is 8. The number of hydrogen-bond donors (Lipinski definition) is 0. The van der Waals surface area contributed by atoms with Gasteiger partial charge in [0.15, 0.2) is 0 Å². The monoisotopic (exact) mass is 781 g/mol. The van der Waals surface area contributed by atoms with E-state index in [2.05, 4.69) is 25.7 Å². The lowest BCUT2D eigenvalue weighted by atomic mass is 9.94. The molecule has 0 N–H and O–H groups in total. The van der Waals surface area contributed by atoms with Crippen molar-refractivity contribution in [3.63, 3.8) is 0 Å². The lowest BCUT2D eigenvalue weighted by Gasteiger charge is -2.52. The first kappa shape index (κ1) is 24.6. The van der Waals surface area contributed by atoms with E-state index in [9.17, 15) is 0 Å². The first-order chi connectivity index (χ1) is 32.6. The molecule has 0 aliphatic carbocycles. The summed E-state index contributed by atoms with van der Waals surface area (Å²) < 4.78 is 207. The van der Waals surface area contributed by atoms with Crippen molar-refractivity contribution in [1.82, 2.24) is 19.6 Å². The van der Waals surface area contributed by atoms with Crippen LogP contribution in [0.3, 0.4) is 0 Å². The maximum Gasteiger partial charge on any atom is 0.0760 e. The summed E-state index contributed by atoms with van der Waals surface area (Å²) in [4.78, 5) is 6.46. The molecule has 0 aromatic heterocycles. The van der Waals surface area contributed by atoms with E-state index < -0.39 is 131 Å². The van der Waals surface area contributed by atoms with Crippen molar-refractivity contribution in [1.29, 1.82) is 0 Å². The Hall–Kier alpha value is -0.320. The molecule has 0 saturated carbocycles. The van der Waals surface area contributed by atoms with Crippen molar-refractivity contribution < 1.29 is 51.8 Å². The number of nitrogens with zero attached hydrogens (tertiary/aromatic N) is 4. The van der Waals surface area contributed by atoms with Crippen LogP contribution < -0.4 is 0 Å². The highest BCUT2D eigenvalue weighted by Gasteiger charge is 2.42. The van der Waals surface area contributed by atoms with E-state index >= 15 is 0 Å². The highest BCUT2D eigenvalue weighted by atomic mass is 16.5. The average Bonchev–Trinajstić information content (AvgIpc) is 3.10. The molecule has 4 aliphatic rings. The Morgan fingerprint density at radius 3 is 1.47 bits per heavy atom. The van der Waals surface area contributed by atoms with Gasteiger partial charge in [0.2, 0.25) is 0 Å². The van der Waals surface area contributed by atoms with Gasteiger partial charge in [-0.05, 0) is 166 Å². The lowest BCUT2D eigenvalue weighted by Crippen LogP contribution is -2.63. The van der Waals surface area contributed by atoms with Crippen LogP contribution in [0.25, 0.3) is 0 Å². The van der Waals surface area contributed by atoms with Crippen LogP contribution >= 0.6 is 0 Å². The average molecular weight is 781 g/mol. The van der Waals surface area contributed by atoms with Crippen molar-refractivity contribution in [3.8, 4) is 0 Å². The quantitative estimate of drug-likeness (QED) is 0.241. The van der Waals surface area contributed by atoms with E-state index in [1.165, 1.54) is 20.8 Å². The van der Waals surface area contributed by atoms with Crippen LogP contribution in [0.5, 0.6) is 0 Å². The van der Waals surface area contributed by atoms with Crippen molar-refractivity contribution in [3.05, 3.63) is 0 Å². The number of ether oxygens (including phenoxy) is 4. The van der Waals surface area contributed by atoms with Gasteiger partial charge in [-0.3, -0.25) is 19.6 Å². The second-order valence-corrected chi connectivity index (χ2v) is 18.7. The van der Waals surface area contributed by atoms with Crippen LogP contribution in [0.15, 0.2) is 0 Å². The van der Waals surface area contributed by atoms with Gasteiger partial charge in [0.05, 0.1) is 50.5 Å². The Kier molecular flexibility index (Phi) is 9.22. The third-order valence-corrected chi connectivity index (χ3v) is 8.74. The molecular weight excluding hydrogens is 661 g/mol. The summed E-state index contributed by atoms with van der Waals surface area (Å²) in [5, 5.41) is 0. The standard InChI is InChI=1S/2C12H25NO.2C10H21NO.CH4/c1-10(2,3)13-8-11(4,5)14-12(6,7)9-13;1-8-10(3)14-11(4)9(2)13(8)12(5,6)7;2*1-8-6-11(10(3,4)5)7-9(2)12-8;/h8-9H2,1-7H3;8-11H,1-7H3;2*8-9H,6-7H2,1-5H3;1H4/i4D3,5D3,6D3;1D3,4D3;6D2,7D2,8D,9D;1D3;. The molecule has 8 heteroatoms. The Morgan fingerprint density at radius 1 is 0.566 bits per heavy atom. The largest absolute Gasteiger partial charge is 0.373 e. The van der Waals surface area contributed by atoms with Crippen LogP contribution in [0.2, 0.25) is 0 Å². The van der Waals surface area contributed by atoms with Crippen LogP contribution in [0.4, 0.5) is 0 Å². The van der Waals surface area contributed by atoms with Crippen molar-refractivity contribution in [2.75, 3.05) is 39.2 Å². The molecule has 0 spiro atoms. The Balaban J connectivity index is 0.00000101. The van der Waals surface area contributed by atoms with Gasteiger partial charge >= 0.3 is 0 Å². The Labute approximate surface area is 366 Å². The van der Waals surface area contributed by atoms with E-state index in [0.29, 0.717) is 6.54 Å². The van der Waals surface area contributed by atoms with E-state index in [1.54, 1.807) is 65.2 Å². The zero-order valence-corrected chi connectivity index (χ0v) is 35.7. The summed E-state index contributed by atoms with van der Waals surface area (Å²) >= 11 is 0. The highest BCUT2D eigenvalue weighted by Crippen LogP contribution is 2.32. The van der Waals surface area contributed by atoms with Crippen LogP contribution in [-0.4, -0.2) is 141 Å². The molecule has 9 unspecified atom stereocenters. The molecule has 0 aromatic carbocycles. The fourth-order valence-corrected chi connectivity index (χ4v) is 6.14. The molecule has 0 radical (unpaired) electrons. The molecule has 4 rings (SSSR count). The van der Waals surface area contributed by atoms with E-state index in [-0.39, 0.29) is 25.6 Å². The van der Waals surface area contributed by atoms with Gasteiger partial charge in [-0.2, -0.15) is 0 Å².